The zero-order valence-corrected chi connectivity index (χ0v) is 12.8. The largest absolute Gasteiger partial charge is 0.478 e. The average Bonchev–Trinajstić information content (AvgIpc) is 2.54. The fourth-order valence-electron chi connectivity index (χ4n) is 2.80. The Hall–Kier alpha value is -1.57. The summed E-state index contributed by atoms with van der Waals surface area (Å²) >= 11 is 0. The second-order valence-electron chi connectivity index (χ2n) is 5.63. The number of likely N-dealkylation sites (tertiary alicyclic amines) is 1. The average molecular weight is 287 g/mol. The number of nitrogens with one attached hydrogen (secondary N) is 1. The molecule has 1 heterocycles. The van der Waals surface area contributed by atoms with Crippen LogP contribution >= 0.6 is 0 Å². The minimum Gasteiger partial charge on any atom is -0.478 e. The Labute approximate surface area is 127 Å². The van der Waals surface area contributed by atoms with Gasteiger partial charge in [0.1, 0.15) is 11.8 Å². The van der Waals surface area contributed by atoms with E-state index in [1.165, 1.54) is 32.4 Å². The molecule has 0 saturated carbocycles. The SMILES string of the molecule is CC(CNCc1ccccc1OCC#N)N1CCCCC1. The van der Waals surface area contributed by atoms with E-state index < -0.39 is 0 Å². The van der Waals surface area contributed by atoms with Crippen LogP contribution in [0.25, 0.3) is 0 Å². The highest BCUT2D eigenvalue weighted by Gasteiger charge is 2.16. The second-order valence-corrected chi connectivity index (χ2v) is 5.63. The number of rotatable bonds is 7. The van der Waals surface area contributed by atoms with E-state index in [0.29, 0.717) is 6.04 Å². The van der Waals surface area contributed by atoms with Crippen LogP contribution in [0.3, 0.4) is 0 Å². The summed E-state index contributed by atoms with van der Waals surface area (Å²) in [4.78, 5) is 2.56. The molecule has 1 fully saturated rings. The van der Waals surface area contributed by atoms with Crippen molar-refractivity contribution in [1.82, 2.24) is 10.2 Å². The number of para-hydroxylation sites is 1. The summed E-state index contributed by atoms with van der Waals surface area (Å²) in [7, 11) is 0. The molecular formula is C17H25N3O. The van der Waals surface area contributed by atoms with E-state index in [1.54, 1.807) is 0 Å². The zero-order chi connectivity index (χ0) is 14.9. The topological polar surface area (TPSA) is 48.3 Å². The Balaban J connectivity index is 1.78. The number of hydrogen-bond acceptors (Lipinski definition) is 4. The van der Waals surface area contributed by atoms with Gasteiger partial charge in [0.25, 0.3) is 0 Å². The van der Waals surface area contributed by atoms with Gasteiger partial charge in [-0.1, -0.05) is 24.6 Å². The quantitative estimate of drug-likeness (QED) is 0.837. The molecule has 21 heavy (non-hydrogen) atoms. The predicted octanol–water partition coefficient (Wildman–Crippen LogP) is 2.55. The molecule has 4 heteroatoms. The lowest BCUT2D eigenvalue weighted by molar-refractivity contribution is 0.170. The third-order valence-electron chi connectivity index (χ3n) is 4.03. The molecule has 0 radical (unpaired) electrons. The van der Waals surface area contributed by atoms with E-state index in [2.05, 4.69) is 17.1 Å². The van der Waals surface area contributed by atoms with Gasteiger partial charge < -0.3 is 10.1 Å². The molecule has 2 rings (SSSR count). The number of nitriles is 1. The predicted molar refractivity (Wildman–Crippen MR) is 84.1 cm³/mol. The number of hydrogen-bond donors (Lipinski definition) is 1. The van der Waals surface area contributed by atoms with Gasteiger partial charge in [-0.2, -0.15) is 5.26 Å². The van der Waals surface area contributed by atoms with Crippen LogP contribution in [0.2, 0.25) is 0 Å². The maximum absolute atomic E-state index is 8.62. The molecule has 0 bridgehead atoms. The molecule has 1 atom stereocenters. The van der Waals surface area contributed by atoms with Gasteiger partial charge in [-0.3, -0.25) is 4.90 Å². The second kappa shape index (κ2) is 8.66. The maximum atomic E-state index is 8.62. The Bertz CT molecular complexity index is 463. The third-order valence-corrected chi connectivity index (χ3v) is 4.03. The van der Waals surface area contributed by atoms with E-state index in [1.807, 2.05) is 30.3 Å². The van der Waals surface area contributed by atoms with Crippen molar-refractivity contribution >= 4 is 0 Å². The first kappa shape index (κ1) is 15.8. The number of benzene rings is 1. The van der Waals surface area contributed by atoms with Crippen LogP contribution in [0.5, 0.6) is 5.75 Å². The Morgan fingerprint density at radius 3 is 2.81 bits per heavy atom. The number of ether oxygens (including phenoxy) is 1. The molecule has 4 nitrogen and oxygen atoms in total. The van der Waals surface area contributed by atoms with Crippen molar-refractivity contribution in [3.8, 4) is 11.8 Å². The molecule has 0 spiro atoms. The van der Waals surface area contributed by atoms with E-state index in [-0.39, 0.29) is 6.61 Å². The van der Waals surface area contributed by atoms with Gasteiger partial charge in [-0.05, 0) is 38.9 Å². The molecule has 114 valence electrons. The fraction of sp³-hybridized carbons (Fsp3) is 0.588. The molecule has 1 aliphatic rings. The van der Waals surface area contributed by atoms with Crippen LogP contribution in [0.4, 0.5) is 0 Å². The van der Waals surface area contributed by atoms with E-state index in [4.69, 9.17) is 10.00 Å². The van der Waals surface area contributed by atoms with Gasteiger partial charge in [0.15, 0.2) is 6.61 Å². The van der Waals surface area contributed by atoms with Gasteiger partial charge in [0.05, 0.1) is 0 Å². The summed E-state index contributed by atoms with van der Waals surface area (Å²) in [6, 6.07) is 10.5. The van der Waals surface area contributed by atoms with Crippen molar-refractivity contribution in [3.63, 3.8) is 0 Å². The highest BCUT2D eigenvalue weighted by atomic mass is 16.5. The lowest BCUT2D eigenvalue weighted by atomic mass is 10.1. The summed E-state index contributed by atoms with van der Waals surface area (Å²) in [5.74, 6) is 0.803. The van der Waals surface area contributed by atoms with Crippen molar-refractivity contribution < 1.29 is 4.74 Å². The molecule has 1 aromatic rings. The van der Waals surface area contributed by atoms with Gasteiger partial charge >= 0.3 is 0 Å². The Morgan fingerprint density at radius 2 is 2.05 bits per heavy atom. The minimum atomic E-state index is 0.0984. The Morgan fingerprint density at radius 1 is 1.29 bits per heavy atom. The summed E-state index contributed by atoms with van der Waals surface area (Å²) in [5.41, 5.74) is 1.11. The van der Waals surface area contributed by atoms with E-state index in [9.17, 15) is 0 Å². The van der Waals surface area contributed by atoms with E-state index in [0.717, 1.165) is 24.4 Å². The summed E-state index contributed by atoms with van der Waals surface area (Å²) in [5, 5.41) is 12.1. The molecule has 0 aliphatic carbocycles. The van der Waals surface area contributed by atoms with Gasteiger partial charge in [-0.15, -0.1) is 0 Å². The van der Waals surface area contributed by atoms with Crippen molar-refractivity contribution in [2.45, 2.75) is 38.8 Å². The summed E-state index contributed by atoms with van der Waals surface area (Å²) < 4.78 is 5.45. The first-order valence-corrected chi connectivity index (χ1v) is 7.83. The van der Waals surface area contributed by atoms with Crippen molar-refractivity contribution in [2.75, 3.05) is 26.2 Å². The first-order valence-electron chi connectivity index (χ1n) is 7.83. The fourth-order valence-corrected chi connectivity index (χ4v) is 2.80. The zero-order valence-electron chi connectivity index (χ0n) is 12.8. The van der Waals surface area contributed by atoms with Gasteiger partial charge in [0.2, 0.25) is 0 Å². The lowest BCUT2D eigenvalue weighted by Crippen LogP contribution is -2.42. The van der Waals surface area contributed by atoms with Crippen LogP contribution in [-0.2, 0) is 6.54 Å². The molecule has 0 aromatic heterocycles. The van der Waals surface area contributed by atoms with Gasteiger partial charge in [0, 0.05) is 24.7 Å². The lowest BCUT2D eigenvalue weighted by Gasteiger charge is -2.32. The smallest absolute Gasteiger partial charge is 0.174 e. The molecule has 1 N–H and O–H groups in total. The van der Waals surface area contributed by atoms with Crippen LogP contribution in [-0.4, -0.2) is 37.2 Å². The standard InChI is InChI=1S/C17H25N3O/c1-15(20-10-5-2-6-11-20)13-19-14-16-7-3-4-8-17(16)21-12-9-18/h3-4,7-8,15,19H,2,5-6,10-14H2,1H3. The molecule has 1 saturated heterocycles. The van der Waals surface area contributed by atoms with Crippen molar-refractivity contribution in [1.29, 1.82) is 5.26 Å². The third kappa shape index (κ3) is 5.04. The summed E-state index contributed by atoms with van der Waals surface area (Å²) in [6.45, 7) is 6.60. The molecular weight excluding hydrogens is 262 g/mol. The number of nitrogens with zero attached hydrogens (tertiary/aromatic N) is 2. The monoisotopic (exact) mass is 287 g/mol. The van der Waals surface area contributed by atoms with Crippen LogP contribution in [0.1, 0.15) is 31.7 Å². The van der Waals surface area contributed by atoms with Crippen LogP contribution in [0, 0.1) is 11.3 Å². The molecule has 0 amide bonds. The molecule has 1 unspecified atom stereocenters. The Kier molecular flexibility index (Phi) is 6.52. The van der Waals surface area contributed by atoms with E-state index >= 15 is 0 Å². The molecule has 1 aliphatic heterocycles. The van der Waals surface area contributed by atoms with Crippen LogP contribution in [0.15, 0.2) is 24.3 Å². The van der Waals surface area contributed by atoms with Gasteiger partial charge in [-0.25, -0.2) is 0 Å². The van der Waals surface area contributed by atoms with Crippen molar-refractivity contribution in [3.05, 3.63) is 29.8 Å². The van der Waals surface area contributed by atoms with Crippen molar-refractivity contribution in [2.24, 2.45) is 0 Å². The minimum absolute atomic E-state index is 0.0984. The first-order chi connectivity index (χ1) is 10.3. The maximum Gasteiger partial charge on any atom is 0.174 e. The number of piperidine rings is 1. The normalized spacial score (nSPS) is 17.1. The van der Waals surface area contributed by atoms with Crippen LogP contribution < -0.4 is 10.1 Å². The highest BCUT2D eigenvalue weighted by molar-refractivity contribution is 5.33. The summed E-state index contributed by atoms with van der Waals surface area (Å²) in [6.07, 6.45) is 4.03. The molecule has 1 aromatic carbocycles. The highest BCUT2D eigenvalue weighted by Crippen LogP contribution is 2.17.